The molecule has 2 rings (SSSR count). The number of carbonyl (C=O) groups excluding carboxylic acids is 1. The Morgan fingerprint density at radius 3 is 3.12 bits per heavy atom. The molecule has 1 fully saturated rings. The number of hydrogen-bond acceptors (Lipinski definition) is 4. The summed E-state index contributed by atoms with van der Waals surface area (Å²) in [5.41, 5.74) is 1.63. The maximum atomic E-state index is 11.9. The van der Waals surface area contributed by atoms with E-state index in [4.69, 9.17) is 0 Å². The average molecular weight is 238 g/mol. The topological polar surface area (TPSA) is 79.2 Å². The summed E-state index contributed by atoms with van der Waals surface area (Å²) in [5.74, 6) is -0.107. The first kappa shape index (κ1) is 12.1. The smallest absolute Gasteiger partial charge is 0.241 e. The molecule has 17 heavy (non-hydrogen) atoms. The number of amides is 1. The number of hydrogen-bond donors (Lipinski definition) is 3. The second kappa shape index (κ2) is 4.85. The predicted octanol–water partition coefficient (Wildman–Crippen LogP) is -0.356. The molecule has 1 saturated heterocycles. The fraction of sp³-hybridized carbons (Fsp3) is 0.636. The molecule has 1 amide bonds. The van der Waals surface area contributed by atoms with Gasteiger partial charge in [-0.25, -0.2) is 0 Å². The molecule has 6 nitrogen and oxygen atoms in total. The fourth-order valence-electron chi connectivity index (χ4n) is 2.04. The van der Waals surface area contributed by atoms with Crippen molar-refractivity contribution in [2.45, 2.75) is 31.9 Å². The van der Waals surface area contributed by atoms with Gasteiger partial charge in [-0.2, -0.15) is 5.10 Å². The Kier molecular flexibility index (Phi) is 3.44. The van der Waals surface area contributed by atoms with E-state index in [1.807, 2.05) is 14.0 Å². The molecule has 2 heterocycles. The summed E-state index contributed by atoms with van der Waals surface area (Å²) in [4.78, 5) is 11.9. The number of aliphatic hydroxyl groups excluding tert-OH is 1. The van der Waals surface area contributed by atoms with Crippen molar-refractivity contribution in [1.29, 1.82) is 0 Å². The number of nitrogens with zero attached hydrogens (tertiary/aromatic N) is 2. The molecule has 1 aromatic heterocycles. The maximum absolute atomic E-state index is 11.9. The molecule has 2 atom stereocenters. The number of nitrogens with one attached hydrogen (secondary N) is 2. The zero-order chi connectivity index (χ0) is 12.4. The second-order valence-corrected chi connectivity index (χ2v) is 4.36. The van der Waals surface area contributed by atoms with Crippen LogP contribution < -0.4 is 10.6 Å². The first-order valence-electron chi connectivity index (χ1n) is 5.85. The highest BCUT2D eigenvalue weighted by molar-refractivity contribution is 5.95. The van der Waals surface area contributed by atoms with Gasteiger partial charge in [0.1, 0.15) is 0 Å². The molecule has 0 aromatic carbocycles. The molecule has 0 spiro atoms. The Bertz CT molecular complexity index is 416. The SMILES string of the molecule is CCc1nn(C)cc1NC(=O)C1CC(O)CN1. The monoisotopic (exact) mass is 238 g/mol. The normalized spacial score (nSPS) is 23.9. The van der Waals surface area contributed by atoms with Crippen LogP contribution in [0.15, 0.2) is 6.20 Å². The van der Waals surface area contributed by atoms with Crippen LogP contribution in [-0.4, -0.2) is 39.5 Å². The van der Waals surface area contributed by atoms with Crippen LogP contribution in [-0.2, 0) is 18.3 Å². The van der Waals surface area contributed by atoms with Gasteiger partial charge in [0.2, 0.25) is 5.91 Å². The predicted molar refractivity (Wildman–Crippen MR) is 63.6 cm³/mol. The lowest BCUT2D eigenvalue weighted by Gasteiger charge is -2.10. The van der Waals surface area contributed by atoms with E-state index in [-0.39, 0.29) is 11.9 Å². The number of carbonyl (C=O) groups is 1. The molecule has 2 unspecified atom stereocenters. The summed E-state index contributed by atoms with van der Waals surface area (Å²) in [6, 6.07) is -0.310. The molecule has 0 bridgehead atoms. The quantitative estimate of drug-likeness (QED) is 0.672. The highest BCUT2D eigenvalue weighted by Gasteiger charge is 2.28. The van der Waals surface area contributed by atoms with E-state index in [0.717, 1.165) is 17.8 Å². The van der Waals surface area contributed by atoms with Crippen molar-refractivity contribution in [1.82, 2.24) is 15.1 Å². The van der Waals surface area contributed by atoms with E-state index in [0.29, 0.717) is 13.0 Å². The number of β-amino-alcohol motifs (C(OH)–C–C–N with tert-alkyl or cyclic N) is 1. The van der Waals surface area contributed by atoms with Gasteiger partial charge in [-0.3, -0.25) is 9.48 Å². The minimum absolute atomic E-state index is 0.107. The lowest BCUT2D eigenvalue weighted by Crippen LogP contribution is -2.35. The van der Waals surface area contributed by atoms with Crippen LogP contribution in [0.4, 0.5) is 5.69 Å². The standard InChI is InChI=1S/C11H18N4O2/c1-3-8-10(6-15(2)14-8)13-11(17)9-4-7(16)5-12-9/h6-7,9,12,16H,3-5H2,1-2H3,(H,13,17). The van der Waals surface area contributed by atoms with Crippen LogP contribution in [0, 0.1) is 0 Å². The van der Waals surface area contributed by atoms with Gasteiger partial charge in [0.25, 0.3) is 0 Å². The van der Waals surface area contributed by atoms with E-state index in [1.165, 1.54) is 0 Å². The summed E-state index contributed by atoms with van der Waals surface area (Å²) in [7, 11) is 1.83. The van der Waals surface area contributed by atoms with Crippen molar-refractivity contribution in [3.05, 3.63) is 11.9 Å². The first-order chi connectivity index (χ1) is 8.10. The molecule has 0 aliphatic carbocycles. The van der Waals surface area contributed by atoms with E-state index in [9.17, 15) is 9.90 Å². The van der Waals surface area contributed by atoms with Crippen LogP contribution >= 0.6 is 0 Å². The van der Waals surface area contributed by atoms with Gasteiger partial charge >= 0.3 is 0 Å². The van der Waals surface area contributed by atoms with Gasteiger partial charge in [-0.05, 0) is 12.8 Å². The molecule has 1 aliphatic heterocycles. The van der Waals surface area contributed by atoms with E-state index >= 15 is 0 Å². The summed E-state index contributed by atoms with van der Waals surface area (Å²) in [6.07, 6.45) is 2.61. The number of aromatic nitrogens is 2. The van der Waals surface area contributed by atoms with E-state index in [2.05, 4.69) is 15.7 Å². The zero-order valence-electron chi connectivity index (χ0n) is 10.1. The number of aryl methyl sites for hydroxylation is 2. The third-order valence-corrected chi connectivity index (χ3v) is 2.92. The van der Waals surface area contributed by atoms with Crippen LogP contribution in [0.25, 0.3) is 0 Å². The van der Waals surface area contributed by atoms with Crippen molar-refractivity contribution in [2.75, 3.05) is 11.9 Å². The van der Waals surface area contributed by atoms with Gasteiger partial charge in [0, 0.05) is 19.8 Å². The summed E-state index contributed by atoms with van der Waals surface area (Å²) in [6.45, 7) is 2.47. The average Bonchev–Trinajstić information content (AvgIpc) is 2.85. The van der Waals surface area contributed by atoms with Crippen molar-refractivity contribution in [3.8, 4) is 0 Å². The molecule has 6 heteroatoms. The molecule has 0 saturated carbocycles. The van der Waals surface area contributed by atoms with Crippen molar-refractivity contribution < 1.29 is 9.90 Å². The lowest BCUT2D eigenvalue weighted by atomic mass is 10.2. The third kappa shape index (κ3) is 2.65. The van der Waals surface area contributed by atoms with Crippen LogP contribution in [0.1, 0.15) is 19.0 Å². The Morgan fingerprint density at radius 2 is 2.53 bits per heavy atom. The molecule has 1 aromatic rings. The largest absolute Gasteiger partial charge is 0.392 e. The molecular weight excluding hydrogens is 220 g/mol. The van der Waals surface area contributed by atoms with Gasteiger partial charge in [-0.1, -0.05) is 6.92 Å². The summed E-state index contributed by atoms with van der Waals surface area (Å²) >= 11 is 0. The molecule has 0 radical (unpaired) electrons. The number of rotatable bonds is 3. The van der Waals surface area contributed by atoms with Crippen LogP contribution in [0.2, 0.25) is 0 Å². The summed E-state index contributed by atoms with van der Waals surface area (Å²) in [5, 5.41) is 19.4. The number of anilines is 1. The zero-order valence-corrected chi connectivity index (χ0v) is 10.1. The third-order valence-electron chi connectivity index (χ3n) is 2.92. The van der Waals surface area contributed by atoms with Crippen molar-refractivity contribution in [2.24, 2.45) is 7.05 Å². The molecule has 1 aliphatic rings. The first-order valence-corrected chi connectivity index (χ1v) is 5.85. The summed E-state index contributed by atoms with van der Waals surface area (Å²) < 4.78 is 1.69. The van der Waals surface area contributed by atoms with Crippen molar-refractivity contribution in [3.63, 3.8) is 0 Å². The second-order valence-electron chi connectivity index (χ2n) is 4.36. The van der Waals surface area contributed by atoms with E-state index < -0.39 is 6.10 Å². The Labute approximate surface area is 100 Å². The molecular formula is C11H18N4O2. The minimum Gasteiger partial charge on any atom is -0.392 e. The van der Waals surface area contributed by atoms with Crippen molar-refractivity contribution >= 4 is 11.6 Å². The van der Waals surface area contributed by atoms with Crippen LogP contribution in [0.5, 0.6) is 0 Å². The van der Waals surface area contributed by atoms with Gasteiger partial charge in [0.15, 0.2) is 0 Å². The van der Waals surface area contributed by atoms with Gasteiger partial charge in [-0.15, -0.1) is 0 Å². The maximum Gasteiger partial charge on any atom is 0.241 e. The van der Waals surface area contributed by atoms with Gasteiger partial charge in [0.05, 0.1) is 23.5 Å². The molecule has 94 valence electrons. The van der Waals surface area contributed by atoms with E-state index in [1.54, 1.807) is 10.9 Å². The Morgan fingerprint density at radius 1 is 1.76 bits per heavy atom. The van der Waals surface area contributed by atoms with Gasteiger partial charge < -0.3 is 15.7 Å². The Hall–Kier alpha value is -1.40. The lowest BCUT2D eigenvalue weighted by molar-refractivity contribution is -0.117. The molecule has 3 N–H and O–H groups in total. The minimum atomic E-state index is -0.426. The number of aliphatic hydroxyl groups is 1. The highest BCUT2D eigenvalue weighted by Crippen LogP contribution is 2.15. The van der Waals surface area contributed by atoms with Crippen LogP contribution in [0.3, 0.4) is 0 Å². The Balaban J connectivity index is 2.02. The highest BCUT2D eigenvalue weighted by atomic mass is 16.3. The fourth-order valence-corrected chi connectivity index (χ4v) is 2.04.